The highest BCUT2D eigenvalue weighted by atomic mass is 32.1. The van der Waals surface area contributed by atoms with Crippen LogP contribution in [0.1, 0.15) is 22.9 Å². The number of amides is 1. The first kappa shape index (κ1) is 17.3. The molecule has 7 heteroatoms. The van der Waals surface area contributed by atoms with E-state index in [2.05, 4.69) is 46.5 Å². The van der Waals surface area contributed by atoms with Gasteiger partial charge in [-0.05, 0) is 40.9 Å². The van der Waals surface area contributed by atoms with Gasteiger partial charge >= 0.3 is 0 Å². The third kappa shape index (κ3) is 5.00. The molecule has 1 amide bonds. The summed E-state index contributed by atoms with van der Waals surface area (Å²) in [5, 5.41) is 13.1. The summed E-state index contributed by atoms with van der Waals surface area (Å²) in [5.41, 5.74) is 0. The van der Waals surface area contributed by atoms with E-state index >= 15 is 0 Å². The van der Waals surface area contributed by atoms with Crippen LogP contribution in [0.25, 0.3) is 0 Å². The van der Waals surface area contributed by atoms with Crippen molar-refractivity contribution in [2.24, 2.45) is 5.92 Å². The largest absolute Gasteiger partial charge is 0.355 e. The number of aromatic nitrogens is 2. The molecule has 22 heavy (non-hydrogen) atoms. The maximum absolute atomic E-state index is 12.4. The van der Waals surface area contributed by atoms with Crippen molar-refractivity contribution < 1.29 is 4.79 Å². The Kier molecular flexibility index (Phi) is 6.28. The van der Waals surface area contributed by atoms with Crippen LogP contribution in [0.4, 0.5) is 0 Å². The lowest BCUT2D eigenvalue weighted by Crippen LogP contribution is -2.39. The lowest BCUT2D eigenvalue weighted by atomic mass is 10.0. The fourth-order valence-electron chi connectivity index (χ4n) is 2.90. The Morgan fingerprint density at radius 2 is 2.14 bits per heavy atom. The molecule has 1 N–H and O–H groups in total. The van der Waals surface area contributed by atoms with Crippen LogP contribution in [0.2, 0.25) is 0 Å². The second-order valence-electron chi connectivity index (χ2n) is 6.37. The first-order valence-electron chi connectivity index (χ1n) is 7.87. The molecule has 1 aliphatic heterocycles. The lowest BCUT2D eigenvalue weighted by molar-refractivity contribution is -0.125. The van der Waals surface area contributed by atoms with E-state index in [1.54, 1.807) is 11.3 Å². The van der Waals surface area contributed by atoms with Gasteiger partial charge in [-0.1, -0.05) is 0 Å². The minimum absolute atomic E-state index is 0.0890. The van der Waals surface area contributed by atoms with Crippen molar-refractivity contribution in [2.45, 2.75) is 32.2 Å². The van der Waals surface area contributed by atoms with E-state index < -0.39 is 0 Å². The zero-order chi connectivity index (χ0) is 16.1. The molecule has 1 aromatic rings. The summed E-state index contributed by atoms with van der Waals surface area (Å²) in [6.45, 7) is 4.46. The Balaban J connectivity index is 1.79. The number of nitrogens with one attached hydrogen (secondary N) is 1. The Morgan fingerprint density at radius 3 is 2.77 bits per heavy atom. The minimum atomic E-state index is 0.0890. The molecule has 0 aromatic carbocycles. The molecule has 0 saturated carbocycles. The molecule has 0 bridgehead atoms. The van der Waals surface area contributed by atoms with Crippen molar-refractivity contribution in [3.8, 4) is 0 Å². The summed E-state index contributed by atoms with van der Waals surface area (Å²) in [5.74, 6) is 0.263. The van der Waals surface area contributed by atoms with Crippen molar-refractivity contribution in [3.05, 3.63) is 10.0 Å². The van der Waals surface area contributed by atoms with Gasteiger partial charge in [-0.2, -0.15) is 0 Å². The highest BCUT2D eigenvalue weighted by Crippen LogP contribution is 2.18. The van der Waals surface area contributed by atoms with Crippen LogP contribution in [0.15, 0.2) is 0 Å². The van der Waals surface area contributed by atoms with Crippen LogP contribution >= 0.6 is 11.3 Å². The van der Waals surface area contributed by atoms with Crippen LogP contribution in [0.3, 0.4) is 0 Å². The molecule has 1 aliphatic rings. The van der Waals surface area contributed by atoms with Crippen LogP contribution in [0, 0.1) is 12.8 Å². The van der Waals surface area contributed by atoms with E-state index in [1.807, 2.05) is 6.92 Å². The van der Waals surface area contributed by atoms with Gasteiger partial charge in [-0.3, -0.25) is 4.79 Å². The predicted molar refractivity (Wildman–Crippen MR) is 89.1 cm³/mol. The molecule has 2 heterocycles. The van der Waals surface area contributed by atoms with Gasteiger partial charge in [0.1, 0.15) is 10.0 Å². The van der Waals surface area contributed by atoms with Gasteiger partial charge < -0.3 is 15.1 Å². The molecule has 0 radical (unpaired) electrons. The summed E-state index contributed by atoms with van der Waals surface area (Å²) in [6.07, 6.45) is 2.79. The van der Waals surface area contributed by atoms with Crippen molar-refractivity contribution in [3.63, 3.8) is 0 Å². The van der Waals surface area contributed by atoms with Crippen molar-refractivity contribution >= 4 is 17.2 Å². The SMILES string of the molecule is Cc1nnc(CCNC(=O)[C@@H]2CC[C@H](N(C)C)CN(C)C2)s1. The van der Waals surface area contributed by atoms with E-state index in [0.717, 1.165) is 42.4 Å². The standard InChI is InChI=1S/C15H27N5OS/c1-11-17-18-14(22-11)7-8-16-15(21)12-5-6-13(19(2)3)10-20(4)9-12/h12-13H,5-10H2,1-4H3,(H,16,21)/t12-,13+/m1/s1. The summed E-state index contributed by atoms with van der Waals surface area (Å²) in [6, 6.07) is 0.534. The molecule has 2 atom stereocenters. The molecular formula is C15H27N5OS. The molecule has 2 rings (SSSR count). The van der Waals surface area contributed by atoms with E-state index in [0.29, 0.717) is 12.6 Å². The Hall–Kier alpha value is -1.05. The fourth-order valence-corrected chi connectivity index (χ4v) is 3.61. The van der Waals surface area contributed by atoms with Crippen LogP contribution < -0.4 is 5.32 Å². The van der Waals surface area contributed by atoms with Crippen molar-refractivity contribution in [1.82, 2.24) is 25.3 Å². The topological polar surface area (TPSA) is 61.4 Å². The number of carbonyl (C=O) groups is 1. The Bertz CT molecular complexity index is 490. The zero-order valence-electron chi connectivity index (χ0n) is 14.0. The smallest absolute Gasteiger partial charge is 0.224 e. The number of carbonyl (C=O) groups excluding carboxylic acids is 1. The quantitative estimate of drug-likeness (QED) is 0.867. The van der Waals surface area contributed by atoms with Gasteiger partial charge in [0.25, 0.3) is 0 Å². The van der Waals surface area contributed by atoms with Crippen molar-refractivity contribution in [1.29, 1.82) is 0 Å². The predicted octanol–water partition coefficient (Wildman–Crippen LogP) is 0.777. The van der Waals surface area contributed by atoms with Gasteiger partial charge in [-0.25, -0.2) is 0 Å². The minimum Gasteiger partial charge on any atom is -0.355 e. The third-order valence-electron chi connectivity index (χ3n) is 4.21. The summed E-state index contributed by atoms with van der Waals surface area (Å²) < 4.78 is 0. The molecule has 0 aliphatic carbocycles. The molecular weight excluding hydrogens is 298 g/mol. The van der Waals surface area contributed by atoms with Gasteiger partial charge in [0.15, 0.2) is 0 Å². The number of rotatable bonds is 5. The van der Waals surface area contributed by atoms with Gasteiger partial charge in [0.2, 0.25) is 5.91 Å². The summed E-state index contributed by atoms with van der Waals surface area (Å²) in [4.78, 5) is 16.9. The second kappa shape index (κ2) is 7.99. The van der Waals surface area contributed by atoms with E-state index in [4.69, 9.17) is 0 Å². The van der Waals surface area contributed by atoms with Gasteiger partial charge in [-0.15, -0.1) is 21.5 Å². The first-order valence-corrected chi connectivity index (χ1v) is 8.69. The highest BCUT2D eigenvalue weighted by molar-refractivity contribution is 7.11. The van der Waals surface area contributed by atoms with Gasteiger partial charge in [0, 0.05) is 32.1 Å². The summed E-state index contributed by atoms with van der Waals surface area (Å²) in [7, 11) is 6.33. The zero-order valence-corrected chi connectivity index (χ0v) is 14.8. The third-order valence-corrected chi connectivity index (χ3v) is 5.11. The number of hydrogen-bond acceptors (Lipinski definition) is 6. The molecule has 0 unspecified atom stereocenters. The normalized spacial score (nSPS) is 23.5. The van der Waals surface area contributed by atoms with Crippen molar-refractivity contribution in [2.75, 3.05) is 40.8 Å². The number of likely N-dealkylation sites (tertiary alicyclic amines) is 1. The molecule has 124 valence electrons. The van der Waals surface area contributed by atoms with E-state index in [1.165, 1.54) is 0 Å². The number of nitrogens with zero attached hydrogens (tertiary/aromatic N) is 4. The summed E-state index contributed by atoms with van der Waals surface area (Å²) >= 11 is 1.59. The molecule has 1 saturated heterocycles. The molecule has 1 aromatic heterocycles. The number of aryl methyl sites for hydroxylation is 1. The van der Waals surface area contributed by atoms with Crippen LogP contribution in [-0.2, 0) is 11.2 Å². The second-order valence-corrected chi connectivity index (χ2v) is 7.63. The lowest BCUT2D eigenvalue weighted by Gasteiger charge is -2.25. The maximum atomic E-state index is 12.4. The van der Waals surface area contributed by atoms with Crippen LogP contribution in [0.5, 0.6) is 0 Å². The maximum Gasteiger partial charge on any atom is 0.224 e. The first-order chi connectivity index (χ1) is 10.5. The van der Waals surface area contributed by atoms with Gasteiger partial charge in [0.05, 0.1) is 5.92 Å². The molecule has 0 spiro atoms. The average Bonchev–Trinajstić information content (AvgIpc) is 2.75. The fraction of sp³-hybridized carbons (Fsp3) is 0.800. The average molecular weight is 325 g/mol. The van der Waals surface area contributed by atoms with E-state index in [-0.39, 0.29) is 11.8 Å². The highest BCUT2D eigenvalue weighted by Gasteiger charge is 2.27. The monoisotopic (exact) mass is 325 g/mol. The molecule has 1 fully saturated rings. The van der Waals surface area contributed by atoms with E-state index in [9.17, 15) is 4.79 Å². The Morgan fingerprint density at radius 1 is 1.36 bits per heavy atom. The Labute approximate surface area is 136 Å². The molecule has 6 nitrogen and oxygen atoms in total. The number of likely N-dealkylation sites (N-methyl/N-ethyl adjacent to an activating group) is 2. The number of hydrogen-bond donors (Lipinski definition) is 1. The van der Waals surface area contributed by atoms with Crippen LogP contribution in [-0.4, -0.2) is 72.7 Å².